The molecule has 4 heteroatoms. The zero-order valence-corrected chi connectivity index (χ0v) is 19.4. The lowest BCUT2D eigenvalue weighted by molar-refractivity contribution is 0.293. The summed E-state index contributed by atoms with van der Waals surface area (Å²) in [5, 5.41) is 15.6. The van der Waals surface area contributed by atoms with Gasteiger partial charge in [-0.2, -0.15) is 0 Å². The van der Waals surface area contributed by atoms with Gasteiger partial charge >= 0.3 is 0 Å². The highest BCUT2D eigenvalue weighted by molar-refractivity contribution is 6.33. The van der Waals surface area contributed by atoms with Crippen molar-refractivity contribution in [3.8, 4) is 11.5 Å². The van der Waals surface area contributed by atoms with Crippen molar-refractivity contribution in [3.63, 3.8) is 0 Å². The molecule has 0 unspecified atom stereocenters. The van der Waals surface area contributed by atoms with Gasteiger partial charge in [0.25, 0.3) is 0 Å². The van der Waals surface area contributed by atoms with Crippen molar-refractivity contribution < 1.29 is 9.84 Å². The van der Waals surface area contributed by atoms with E-state index < -0.39 is 0 Å². The zero-order chi connectivity index (χ0) is 21.3. The second-order valence-electron chi connectivity index (χ2n) is 8.09. The summed E-state index contributed by atoms with van der Waals surface area (Å²) in [6.45, 7) is 2.86. The Balaban J connectivity index is 1.58. The van der Waals surface area contributed by atoms with E-state index in [-0.39, 0.29) is 5.75 Å². The Labute approximate surface area is 190 Å². The highest BCUT2D eigenvalue weighted by Crippen LogP contribution is 2.44. The summed E-state index contributed by atoms with van der Waals surface area (Å²) in [5.41, 5.74) is 0. The quantitative estimate of drug-likeness (QED) is 0.221. The Morgan fingerprint density at radius 1 is 0.667 bits per heavy atom. The SMILES string of the molecule is CCCCCCCCCCCCOc1c(O)c2ccc(Cl)cc2c2cc(Cl)ccc12. The third-order valence-electron chi connectivity index (χ3n) is 5.71. The highest BCUT2D eigenvalue weighted by atomic mass is 35.5. The number of hydrogen-bond acceptors (Lipinski definition) is 2. The molecule has 1 N–H and O–H groups in total. The van der Waals surface area contributed by atoms with Crippen molar-refractivity contribution >= 4 is 44.7 Å². The van der Waals surface area contributed by atoms with Crippen LogP contribution in [0.5, 0.6) is 11.5 Å². The monoisotopic (exact) mass is 446 g/mol. The van der Waals surface area contributed by atoms with Crippen molar-refractivity contribution in [3.05, 3.63) is 46.4 Å². The van der Waals surface area contributed by atoms with E-state index in [0.717, 1.165) is 34.4 Å². The summed E-state index contributed by atoms with van der Waals surface area (Å²) in [7, 11) is 0. The number of ether oxygens (including phenoxy) is 1. The maximum absolute atomic E-state index is 10.9. The topological polar surface area (TPSA) is 29.5 Å². The summed E-state index contributed by atoms with van der Waals surface area (Å²) in [6.07, 6.45) is 12.8. The largest absolute Gasteiger partial charge is 0.504 e. The number of unbranched alkanes of at least 4 members (excludes halogenated alkanes) is 9. The first-order valence-corrected chi connectivity index (χ1v) is 12.0. The Bertz CT molecular complexity index is 968. The first kappa shape index (κ1) is 23.0. The average molecular weight is 447 g/mol. The average Bonchev–Trinajstić information content (AvgIpc) is 2.74. The van der Waals surface area contributed by atoms with Gasteiger partial charge in [-0.05, 0) is 53.6 Å². The molecule has 0 aliphatic heterocycles. The number of aromatic hydroxyl groups is 1. The third kappa shape index (κ3) is 5.95. The Kier molecular flexibility index (Phi) is 8.96. The first-order chi connectivity index (χ1) is 14.6. The fraction of sp³-hybridized carbons (Fsp3) is 0.462. The lowest BCUT2D eigenvalue weighted by Crippen LogP contribution is -1.99. The van der Waals surface area contributed by atoms with Crippen LogP contribution in [0.2, 0.25) is 10.0 Å². The second kappa shape index (κ2) is 11.7. The molecule has 0 amide bonds. The molecule has 0 aliphatic rings. The molecular weight excluding hydrogens is 415 g/mol. The number of halogens is 2. The van der Waals surface area contributed by atoms with Crippen LogP contribution in [0.15, 0.2) is 36.4 Å². The van der Waals surface area contributed by atoms with Crippen LogP contribution in [0, 0.1) is 0 Å². The van der Waals surface area contributed by atoms with E-state index in [1.54, 1.807) is 6.07 Å². The van der Waals surface area contributed by atoms with E-state index in [1.807, 2.05) is 30.3 Å². The van der Waals surface area contributed by atoms with Gasteiger partial charge in [-0.1, -0.05) is 87.9 Å². The molecule has 0 fully saturated rings. The standard InChI is InChI=1S/C26H32Cl2O2/c1-2-3-4-5-6-7-8-9-10-11-16-30-26-22-15-13-20(28)18-24(22)23-17-19(27)12-14-21(23)25(26)29/h12-15,17-18,29H,2-11,16H2,1H3. The molecular formula is C26H32Cl2O2. The van der Waals surface area contributed by atoms with Crippen LogP contribution in [0.4, 0.5) is 0 Å². The van der Waals surface area contributed by atoms with E-state index in [4.69, 9.17) is 27.9 Å². The highest BCUT2D eigenvalue weighted by Gasteiger charge is 2.15. The van der Waals surface area contributed by atoms with E-state index in [0.29, 0.717) is 22.4 Å². The van der Waals surface area contributed by atoms with E-state index >= 15 is 0 Å². The summed E-state index contributed by atoms with van der Waals surface area (Å²) >= 11 is 12.4. The molecule has 0 aliphatic carbocycles. The summed E-state index contributed by atoms with van der Waals surface area (Å²) in [5.74, 6) is 0.705. The molecule has 3 rings (SSSR count). The van der Waals surface area contributed by atoms with Gasteiger partial charge in [0.2, 0.25) is 0 Å². The molecule has 162 valence electrons. The smallest absolute Gasteiger partial charge is 0.169 e. The number of benzene rings is 3. The van der Waals surface area contributed by atoms with E-state index in [2.05, 4.69) is 6.92 Å². The van der Waals surface area contributed by atoms with E-state index in [1.165, 1.54) is 51.4 Å². The Morgan fingerprint density at radius 3 is 1.77 bits per heavy atom. The van der Waals surface area contributed by atoms with Crippen LogP contribution in [0.1, 0.15) is 71.1 Å². The molecule has 0 bridgehead atoms. The molecule has 0 saturated carbocycles. The molecule has 3 aromatic rings. The molecule has 0 radical (unpaired) electrons. The number of rotatable bonds is 12. The van der Waals surface area contributed by atoms with Gasteiger partial charge in [-0.25, -0.2) is 0 Å². The van der Waals surface area contributed by atoms with Gasteiger partial charge in [0, 0.05) is 20.8 Å². The van der Waals surface area contributed by atoms with Gasteiger partial charge in [0.1, 0.15) is 0 Å². The lowest BCUT2D eigenvalue weighted by atomic mass is 10.00. The minimum Gasteiger partial charge on any atom is -0.504 e. The molecule has 2 nitrogen and oxygen atoms in total. The molecule has 0 saturated heterocycles. The van der Waals surface area contributed by atoms with Crippen LogP contribution in [-0.4, -0.2) is 11.7 Å². The maximum Gasteiger partial charge on any atom is 0.169 e. The van der Waals surface area contributed by atoms with Crippen molar-refractivity contribution in [1.82, 2.24) is 0 Å². The predicted octanol–water partition coefficient (Wildman–Crippen LogP) is 9.31. The Hall–Kier alpha value is -1.64. The Morgan fingerprint density at radius 2 is 1.17 bits per heavy atom. The minimum atomic E-state index is 0.170. The lowest BCUT2D eigenvalue weighted by Gasteiger charge is -2.15. The van der Waals surface area contributed by atoms with Crippen LogP contribution < -0.4 is 4.74 Å². The van der Waals surface area contributed by atoms with Crippen molar-refractivity contribution in [2.45, 2.75) is 71.1 Å². The fourth-order valence-corrected chi connectivity index (χ4v) is 4.39. The van der Waals surface area contributed by atoms with Crippen LogP contribution in [0.3, 0.4) is 0 Å². The summed E-state index contributed by atoms with van der Waals surface area (Å²) in [4.78, 5) is 0. The number of phenolic OH excluding ortho intramolecular Hbond substituents is 1. The van der Waals surface area contributed by atoms with Crippen LogP contribution in [-0.2, 0) is 0 Å². The minimum absolute atomic E-state index is 0.170. The second-order valence-corrected chi connectivity index (χ2v) is 8.96. The third-order valence-corrected chi connectivity index (χ3v) is 6.18. The normalized spacial score (nSPS) is 11.4. The van der Waals surface area contributed by atoms with Gasteiger partial charge in [0.05, 0.1) is 6.61 Å². The van der Waals surface area contributed by atoms with E-state index in [9.17, 15) is 5.11 Å². The van der Waals surface area contributed by atoms with Gasteiger partial charge in [-0.15, -0.1) is 0 Å². The summed E-state index contributed by atoms with van der Waals surface area (Å²) in [6, 6.07) is 11.1. The molecule has 30 heavy (non-hydrogen) atoms. The van der Waals surface area contributed by atoms with Crippen molar-refractivity contribution in [2.24, 2.45) is 0 Å². The zero-order valence-electron chi connectivity index (χ0n) is 17.9. The van der Waals surface area contributed by atoms with Gasteiger partial charge in [-0.3, -0.25) is 0 Å². The number of fused-ring (bicyclic) bond motifs is 3. The van der Waals surface area contributed by atoms with Gasteiger partial charge < -0.3 is 9.84 Å². The molecule has 0 atom stereocenters. The molecule has 0 heterocycles. The number of hydrogen-bond donors (Lipinski definition) is 1. The van der Waals surface area contributed by atoms with Gasteiger partial charge in [0.15, 0.2) is 11.5 Å². The van der Waals surface area contributed by atoms with Crippen LogP contribution in [0.25, 0.3) is 21.5 Å². The first-order valence-electron chi connectivity index (χ1n) is 11.3. The fourth-order valence-electron chi connectivity index (χ4n) is 4.04. The number of phenols is 1. The maximum atomic E-state index is 10.9. The molecule has 0 spiro atoms. The molecule has 0 aromatic heterocycles. The van der Waals surface area contributed by atoms with Crippen molar-refractivity contribution in [2.75, 3.05) is 6.61 Å². The van der Waals surface area contributed by atoms with Crippen molar-refractivity contribution in [1.29, 1.82) is 0 Å². The molecule has 3 aromatic carbocycles. The summed E-state index contributed by atoms with van der Waals surface area (Å²) < 4.78 is 6.07. The van der Waals surface area contributed by atoms with Crippen LogP contribution >= 0.6 is 23.2 Å². The predicted molar refractivity (Wildman–Crippen MR) is 130 cm³/mol.